The van der Waals surface area contributed by atoms with Crippen LogP contribution in [-0.2, 0) is 9.47 Å². The van der Waals surface area contributed by atoms with Crippen molar-refractivity contribution in [3.8, 4) is 0 Å². The van der Waals surface area contributed by atoms with Crippen LogP contribution in [0.4, 0.5) is 4.79 Å². The fourth-order valence-corrected chi connectivity index (χ4v) is 1.90. The van der Waals surface area contributed by atoms with Crippen molar-refractivity contribution < 1.29 is 14.3 Å². The van der Waals surface area contributed by atoms with E-state index in [1.165, 1.54) is 0 Å². The van der Waals surface area contributed by atoms with E-state index >= 15 is 0 Å². The molecule has 0 aliphatic carbocycles. The molecule has 5 heteroatoms. The molecule has 5 nitrogen and oxygen atoms in total. The third-order valence-electron chi connectivity index (χ3n) is 2.89. The predicted octanol–water partition coefficient (Wildman–Crippen LogP) is 0.938. The van der Waals surface area contributed by atoms with Gasteiger partial charge >= 0.3 is 6.09 Å². The molecule has 0 spiro atoms. The molecule has 0 unspecified atom stereocenters. The topological polar surface area (TPSA) is 45.3 Å². The first-order chi connectivity index (χ1) is 7.94. The number of hydrogen-bond donors (Lipinski definition) is 0. The second-order valence-electron chi connectivity index (χ2n) is 5.72. The number of nitrogens with zero attached hydrogens (tertiary/aromatic N) is 2. The van der Waals surface area contributed by atoms with Gasteiger partial charge in [0.25, 0.3) is 0 Å². The Morgan fingerprint density at radius 3 is 2.35 bits per heavy atom. The zero-order valence-electron chi connectivity index (χ0n) is 10.9. The van der Waals surface area contributed by atoms with E-state index in [-0.39, 0.29) is 6.09 Å². The molecule has 2 fully saturated rings. The minimum absolute atomic E-state index is 0.195. The molecular formula is C12H22N2O3. The van der Waals surface area contributed by atoms with Gasteiger partial charge in [0.15, 0.2) is 0 Å². The van der Waals surface area contributed by atoms with E-state index in [4.69, 9.17) is 9.47 Å². The van der Waals surface area contributed by atoms with E-state index < -0.39 is 5.60 Å². The number of ether oxygens (including phenoxy) is 2. The minimum atomic E-state index is -0.407. The molecule has 0 bridgehead atoms. The van der Waals surface area contributed by atoms with Gasteiger partial charge in [-0.1, -0.05) is 0 Å². The summed E-state index contributed by atoms with van der Waals surface area (Å²) in [5.41, 5.74) is -0.407. The molecule has 2 aliphatic heterocycles. The second-order valence-corrected chi connectivity index (χ2v) is 5.72. The maximum Gasteiger partial charge on any atom is 0.410 e. The number of rotatable bonds is 2. The van der Waals surface area contributed by atoms with E-state index in [0.717, 1.165) is 39.3 Å². The van der Waals surface area contributed by atoms with E-state index in [2.05, 4.69) is 4.90 Å². The predicted molar refractivity (Wildman–Crippen MR) is 64.0 cm³/mol. The van der Waals surface area contributed by atoms with Gasteiger partial charge in [-0.25, -0.2) is 4.79 Å². The summed E-state index contributed by atoms with van der Waals surface area (Å²) in [6, 6.07) is 0. The number of carbonyl (C=O) groups is 1. The van der Waals surface area contributed by atoms with E-state index in [0.29, 0.717) is 6.10 Å². The molecule has 0 radical (unpaired) electrons. The van der Waals surface area contributed by atoms with Crippen molar-refractivity contribution in [2.45, 2.75) is 32.5 Å². The second kappa shape index (κ2) is 4.82. The maximum atomic E-state index is 11.8. The average molecular weight is 242 g/mol. The lowest BCUT2D eigenvalue weighted by Gasteiger charge is -2.35. The van der Waals surface area contributed by atoms with Crippen molar-refractivity contribution in [3.05, 3.63) is 0 Å². The molecule has 1 amide bonds. The molecule has 1 atom stereocenters. The molecule has 2 saturated heterocycles. The van der Waals surface area contributed by atoms with Crippen molar-refractivity contribution in [1.82, 2.24) is 9.80 Å². The van der Waals surface area contributed by atoms with Crippen LogP contribution in [0.25, 0.3) is 0 Å². The number of piperazine rings is 1. The van der Waals surface area contributed by atoms with Crippen LogP contribution in [0.3, 0.4) is 0 Å². The summed E-state index contributed by atoms with van der Waals surface area (Å²) < 4.78 is 10.6. The van der Waals surface area contributed by atoms with Gasteiger partial charge in [-0.15, -0.1) is 0 Å². The minimum Gasteiger partial charge on any atom is -0.444 e. The van der Waals surface area contributed by atoms with Gasteiger partial charge in [-0.3, -0.25) is 4.90 Å². The van der Waals surface area contributed by atoms with Gasteiger partial charge in [0.05, 0.1) is 12.7 Å². The zero-order chi connectivity index (χ0) is 12.5. The Morgan fingerprint density at radius 1 is 1.29 bits per heavy atom. The van der Waals surface area contributed by atoms with Gasteiger partial charge in [0.2, 0.25) is 0 Å². The fraction of sp³-hybridized carbons (Fsp3) is 0.917. The zero-order valence-corrected chi connectivity index (χ0v) is 10.9. The molecule has 0 aromatic rings. The van der Waals surface area contributed by atoms with E-state index in [9.17, 15) is 4.79 Å². The molecule has 2 rings (SSSR count). The number of carbonyl (C=O) groups excluding carboxylic acids is 1. The molecule has 0 saturated carbocycles. The van der Waals surface area contributed by atoms with Gasteiger partial charge in [-0.2, -0.15) is 0 Å². The highest BCUT2D eigenvalue weighted by molar-refractivity contribution is 5.68. The van der Waals surface area contributed by atoms with E-state index in [1.54, 1.807) is 4.90 Å². The number of hydrogen-bond acceptors (Lipinski definition) is 4. The lowest BCUT2D eigenvalue weighted by atomic mass is 10.2. The van der Waals surface area contributed by atoms with Crippen molar-refractivity contribution >= 4 is 6.09 Å². The first-order valence-corrected chi connectivity index (χ1v) is 6.26. The SMILES string of the molecule is CC(C)(C)OC(=O)N1CCN(C[C@@H]2CO2)CC1. The Balaban J connectivity index is 1.72. The summed E-state index contributed by atoms with van der Waals surface area (Å²) >= 11 is 0. The van der Waals surface area contributed by atoms with Crippen LogP contribution in [0.2, 0.25) is 0 Å². The molecule has 17 heavy (non-hydrogen) atoms. The van der Waals surface area contributed by atoms with Crippen molar-refractivity contribution in [2.75, 3.05) is 39.3 Å². The summed E-state index contributed by atoms with van der Waals surface area (Å²) in [6.45, 7) is 10.9. The molecule has 2 heterocycles. The van der Waals surface area contributed by atoms with Crippen molar-refractivity contribution in [2.24, 2.45) is 0 Å². The monoisotopic (exact) mass is 242 g/mol. The fourth-order valence-electron chi connectivity index (χ4n) is 1.90. The highest BCUT2D eigenvalue weighted by Gasteiger charge is 2.29. The maximum absolute atomic E-state index is 11.8. The van der Waals surface area contributed by atoms with Crippen LogP contribution >= 0.6 is 0 Å². The molecule has 0 N–H and O–H groups in total. The Labute approximate surface area is 103 Å². The largest absolute Gasteiger partial charge is 0.444 e. The highest BCUT2D eigenvalue weighted by atomic mass is 16.6. The van der Waals surface area contributed by atoms with Gasteiger partial charge < -0.3 is 14.4 Å². The summed E-state index contributed by atoms with van der Waals surface area (Å²) in [7, 11) is 0. The first kappa shape index (κ1) is 12.6. The van der Waals surface area contributed by atoms with Crippen LogP contribution in [0, 0.1) is 0 Å². The van der Waals surface area contributed by atoms with Crippen molar-refractivity contribution in [3.63, 3.8) is 0 Å². The lowest BCUT2D eigenvalue weighted by molar-refractivity contribution is 0.0141. The smallest absolute Gasteiger partial charge is 0.410 e. The summed E-state index contributed by atoms with van der Waals surface area (Å²) in [5.74, 6) is 0. The Morgan fingerprint density at radius 2 is 1.88 bits per heavy atom. The first-order valence-electron chi connectivity index (χ1n) is 6.26. The molecule has 2 aliphatic rings. The molecule has 0 aromatic heterocycles. The number of amides is 1. The van der Waals surface area contributed by atoms with Crippen LogP contribution in [0.15, 0.2) is 0 Å². The standard InChI is InChI=1S/C12H22N2O3/c1-12(2,3)17-11(15)14-6-4-13(5-7-14)8-10-9-16-10/h10H,4-9H2,1-3H3/t10-/m1/s1. The normalized spacial score (nSPS) is 25.8. The third-order valence-corrected chi connectivity index (χ3v) is 2.89. The molecule has 98 valence electrons. The Kier molecular flexibility index (Phi) is 3.58. The van der Waals surface area contributed by atoms with Crippen molar-refractivity contribution in [1.29, 1.82) is 0 Å². The molecular weight excluding hydrogens is 220 g/mol. The van der Waals surface area contributed by atoms with Gasteiger partial charge in [0, 0.05) is 32.7 Å². The van der Waals surface area contributed by atoms with E-state index in [1.807, 2.05) is 20.8 Å². The van der Waals surface area contributed by atoms with Gasteiger partial charge in [0.1, 0.15) is 5.60 Å². The van der Waals surface area contributed by atoms with Crippen LogP contribution in [0.5, 0.6) is 0 Å². The highest BCUT2D eigenvalue weighted by Crippen LogP contribution is 2.14. The Hall–Kier alpha value is -0.810. The lowest BCUT2D eigenvalue weighted by Crippen LogP contribution is -2.50. The molecule has 0 aromatic carbocycles. The average Bonchev–Trinajstić information content (AvgIpc) is 3.00. The quantitative estimate of drug-likeness (QED) is 0.676. The summed E-state index contributed by atoms with van der Waals surface area (Å²) in [6.07, 6.45) is 0.239. The summed E-state index contributed by atoms with van der Waals surface area (Å²) in [5, 5.41) is 0. The number of epoxide rings is 1. The van der Waals surface area contributed by atoms with Crippen LogP contribution in [0.1, 0.15) is 20.8 Å². The summed E-state index contributed by atoms with van der Waals surface area (Å²) in [4.78, 5) is 15.9. The Bertz CT molecular complexity index is 276. The van der Waals surface area contributed by atoms with Gasteiger partial charge in [-0.05, 0) is 20.8 Å². The van der Waals surface area contributed by atoms with Crippen LogP contribution in [-0.4, -0.2) is 66.9 Å². The third kappa shape index (κ3) is 4.16. The van der Waals surface area contributed by atoms with Crippen LogP contribution < -0.4 is 0 Å².